The number of amides is 1. The molecule has 1 aromatic rings. The van der Waals surface area contributed by atoms with Crippen molar-refractivity contribution in [3.8, 4) is 0 Å². The predicted octanol–water partition coefficient (Wildman–Crippen LogP) is 1.62. The van der Waals surface area contributed by atoms with E-state index in [1.165, 1.54) is 12.1 Å². The van der Waals surface area contributed by atoms with Gasteiger partial charge < -0.3 is 20.1 Å². The van der Waals surface area contributed by atoms with Crippen molar-refractivity contribution >= 4 is 23.3 Å². The van der Waals surface area contributed by atoms with E-state index in [0.717, 1.165) is 31.7 Å². The predicted molar refractivity (Wildman–Crippen MR) is 92.0 cm³/mol. The van der Waals surface area contributed by atoms with Crippen molar-refractivity contribution in [1.29, 1.82) is 0 Å². The number of carbonyl (C=O) groups excluding carboxylic acids is 2. The molecule has 0 spiro atoms. The van der Waals surface area contributed by atoms with Crippen LogP contribution in [0.4, 0.5) is 11.4 Å². The Morgan fingerprint density at radius 1 is 1.31 bits per heavy atom. The minimum absolute atomic E-state index is 0.00353. The molecule has 140 valence electrons. The van der Waals surface area contributed by atoms with E-state index < -0.39 is 23.4 Å². The number of benzene rings is 1. The number of carbonyl (C=O) groups is 2. The molecule has 2 N–H and O–H groups in total. The van der Waals surface area contributed by atoms with Crippen LogP contribution in [-0.4, -0.2) is 48.7 Å². The van der Waals surface area contributed by atoms with E-state index >= 15 is 0 Å². The van der Waals surface area contributed by atoms with Gasteiger partial charge in [0.05, 0.1) is 16.6 Å². The molecule has 9 nitrogen and oxygen atoms in total. The lowest BCUT2D eigenvalue weighted by Gasteiger charge is -2.11. The largest absolute Gasteiger partial charge is 0.452 e. The molecule has 1 atom stereocenters. The molecule has 1 amide bonds. The summed E-state index contributed by atoms with van der Waals surface area (Å²) in [6.07, 6.45) is 3.82. The van der Waals surface area contributed by atoms with Crippen LogP contribution in [0, 0.1) is 10.1 Å². The molecule has 2 aliphatic rings. The summed E-state index contributed by atoms with van der Waals surface area (Å²) in [7, 11) is 0. The summed E-state index contributed by atoms with van der Waals surface area (Å²) in [6.45, 7) is 0.630. The van der Waals surface area contributed by atoms with Crippen molar-refractivity contribution in [2.24, 2.45) is 0 Å². The summed E-state index contributed by atoms with van der Waals surface area (Å²) in [5, 5.41) is 16.9. The lowest BCUT2D eigenvalue weighted by atomic mass is 10.1. The fourth-order valence-corrected chi connectivity index (χ4v) is 2.68. The average Bonchev–Trinajstić information content (AvgIpc) is 3.29. The van der Waals surface area contributed by atoms with Gasteiger partial charge in [-0.15, -0.1) is 0 Å². The number of nitro groups is 1. The molecule has 1 heterocycles. The minimum atomic E-state index is -0.779. The third kappa shape index (κ3) is 4.92. The van der Waals surface area contributed by atoms with Gasteiger partial charge in [0.15, 0.2) is 6.61 Å². The fraction of sp³-hybridized carbons (Fsp3) is 0.529. The first-order chi connectivity index (χ1) is 12.5. The molecular formula is C17H21N3O6. The Bertz CT molecular complexity index is 698. The van der Waals surface area contributed by atoms with Crippen molar-refractivity contribution in [3.63, 3.8) is 0 Å². The quantitative estimate of drug-likeness (QED) is 0.409. The van der Waals surface area contributed by atoms with Gasteiger partial charge in [0, 0.05) is 25.3 Å². The van der Waals surface area contributed by atoms with Crippen LogP contribution in [0.25, 0.3) is 0 Å². The van der Waals surface area contributed by atoms with Crippen LogP contribution >= 0.6 is 0 Å². The van der Waals surface area contributed by atoms with E-state index in [2.05, 4.69) is 10.6 Å². The maximum atomic E-state index is 12.1. The molecule has 1 aliphatic carbocycles. The number of anilines is 1. The smallest absolute Gasteiger partial charge is 0.338 e. The van der Waals surface area contributed by atoms with E-state index in [9.17, 15) is 19.7 Å². The van der Waals surface area contributed by atoms with Gasteiger partial charge in [-0.05, 0) is 37.8 Å². The molecule has 3 rings (SSSR count). The molecule has 0 unspecified atom stereocenters. The van der Waals surface area contributed by atoms with Gasteiger partial charge in [0.1, 0.15) is 5.69 Å². The van der Waals surface area contributed by atoms with Crippen molar-refractivity contribution < 1.29 is 24.0 Å². The molecular weight excluding hydrogens is 342 g/mol. The third-order valence-electron chi connectivity index (χ3n) is 4.25. The normalized spacial score (nSPS) is 19.0. The first-order valence-corrected chi connectivity index (χ1v) is 8.63. The Morgan fingerprint density at radius 2 is 2.12 bits per heavy atom. The van der Waals surface area contributed by atoms with Crippen LogP contribution in [0.3, 0.4) is 0 Å². The van der Waals surface area contributed by atoms with Gasteiger partial charge in [-0.3, -0.25) is 14.9 Å². The zero-order chi connectivity index (χ0) is 18.5. The highest BCUT2D eigenvalue weighted by Crippen LogP contribution is 2.31. The van der Waals surface area contributed by atoms with Gasteiger partial charge in [0.25, 0.3) is 11.6 Å². The lowest BCUT2D eigenvalue weighted by molar-refractivity contribution is -0.384. The maximum Gasteiger partial charge on any atom is 0.338 e. The van der Waals surface area contributed by atoms with E-state index in [1.54, 1.807) is 0 Å². The van der Waals surface area contributed by atoms with Crippen LogP contribution in [0.1, 0.15) is 36.0 Å². The highest BCUT2D eigenvalue weighted by atomic mass is 16.6. The molecule has 1 saturated carbocycles. The van der Waals surface area contributed by atoms with Gasteiger partial charge in [-0.1, -0.05) is 0 Å². The summed E-state index contributed by atoms with van der Waals surface area (Å²) in [5.41, 5.74) is 0.225. The number of hydrogen-bond donors (Lipinski definition) is 2. The van der Waals surface area contributed by atoms with Crippen LogP contribution in [0.15, 0.2) is 18.2 Å². The number of nitrogens with zero attached hydrogens (tertiary/aromatic N) is 1. The number of ether oxygens (including phenoxy) is 2. The summed E-state index contributed by atoms with van der Waals surface area (Å²) in [5.74, 6) is -1.21. The topological polar surface area (TPSA) is 120 Å². The summed E-state index contributed by atoms with van der Waals surface area (Å²) >= 11 is 0. The Labute approximate surface area is 150 Å². The minimum Gasteiger partial charge on any atom is -0.452 e. The first-order valence-electron chi connectivity index (χ1n) is 8.63. The van der Waals surface area contributed by atoms with Crippen molar-refractivity contribution in [2.75, 3.05) is 25.1 Å². The summed E-state index contributed by atoms with van der Waals surface area (Å²) in [6, 6.07) is 4.35. The Morgan fingerprint density at radius 3 is 2.77 bits per heavy atom. The first kappa shape index (κ1) is 18.1. The van der Waals surface area contributed by atoms with Gasteiger partial charge >= 0.3 is 5.97 Å². The van der Waals surface area contributed by atoms with E-state index in [4.69, 9.17) is 9.47 Å². The zero-order valence-electron chi connectivity index (χ0n) is 14.2. The van der Waals surface area contributed by atoms with Crippen LogP contribution in [-0.2, 0) is 14.3 Å². The van der Waals surface area contributed by atoms with E-state index in [1.807, 2.05) is 0 Å². The molecule has 1 saturated heterocycles. The number of nitro benzene ring substituents is 1. The second-order valence-electron chi connectivity index (χ2n) is 6.42. The van der Waals surface area contributed by atoms with E-state index in [0.29, 0.717) is 18.8 Å². The number of nitrogens with one attached hydrogen (secondary N) is 2. The Kier molecular flexibility index (Phi) is 5.67. The van der Waals surface area contributed by atoms with Crippen LogP contribution < -0.4 is 10.6 Å². The maximum absolute atomic E-state index is 12.1. The monoisotopic (exact) mass is 363 g/mol. The molecule has 1 aromatic carbocycles. The zero-order valence-corrected chi connectivity index (χ0v) is 14.2. The number of esters is 1. The van der Waals surface area contributed by atoms with Crippen molar-refractivity contribution in [2.45, 2.75) is 37.8 Å². The summed E-state index contributed by atoms with van der Waals surface area (Å²) < 4.78 is 10.3. The third-order valence-corrected chi connectivity index (χ3v) is 4.25. The van der Waals surface area contributed by atoms with Crippen molar-refractivity contribution in [3.05, 3.63) is 33.9 Å². The molecule has 0 aromatic heterocycles. The molecule has 0 radical (unpaired) electrons. The fourth-order valence-electron chi connectivity index (χ4n) is 2.68. The average molecular weight is 363 g/mol. The SMILES string of the molecule is O=C(COC(=O)c1ccc(NC2CC2)c([N+](=O)[O-])c1)NC[C@H]1CCCO1. The highest BCUT2D eigenvalue weighted by Gasteiger charge is 2.26. The Balaban J connectivity index is 1.52. The number of rotatable bonds is 8. The molecule has 26 heavy (non-hydrogen) atoms. The Hall–Kier alpha value is -2.68. The van der Waals surface area contributed by atoms with E-state index in [-0.39, 0.29) is 23.4 Å². The number of hydrogen-bond acceptors (Lipinski definition) is 7. The second-order valence-corrected chi connectivity index (χ2v) is 6.42. The van der Waals surface area contributed by atoms with Crippen LogP contribution in [0.5, 0.6) is 0 Å². The van der Waals surface area contributed by atoms with Crippen molar-refractivity contribution in [1.82, 2.24) is 5.32 Å². The molecule has 2 fully saturated rings. The lowest BCUT2D eigenvalue weighted by Crippen LogP contribution is -2.34. The molecule has 0 bridgehead atoms. The molecule has 1 aliphatic heterocycles. The van der Waals surface area contributed by atoms with Gasteiger partial charge in [-0.2, -0.15) is 0 Å². The second kappa shape index (κ2) is 8.13. The summed E-state index contributed by atoms with van der Waals surface area (Å²) in [4.78, 5) is 34.5. The standard InChI is InChI=1S/C17H21N3O6/c21-16(18-9-13-2-1-7-25-13)10-26-17(22)11-3-6-14(19-12-4-5-12)15(8-11)20(23)24/h3,6,8,12-13,19H,1-2,4-5,7,9-10H2,(H,18,21)/t13-/m1/s1. The van der Waals surface area contributed by atoms with Crippen LogP contribution in [0.2, 0.25) is 0 Å². The molecule has 9 heteroatoms. The highest BCUT2D eigenvalue weighted by molar-refractivity contribution is 5.93. The van der Waals surface area contributed by atoms with Gasteiger partial charge in [0.2, 0.25) is 0 Å². The van der Waals surface area contributed by atoms with Gasteiger partial charge in [-0.25, -0.2) is 4.79 Å².